The highest BCUT2D eigenvalue weighted by Gasteiger charge is 2.35. The number of nitrogens with one attached hydrogen (secondary N) is 1. The number of aromatic nitrogens is 1. The van der Waals surface area contributed by atoms with E-state index in [1.54, 1.807) is 4.90 Å². The average Bonchev–Trinajstić information content (AvgIpc) is 3.03. The van der Waals surface area contributed by atoms with Crippen molar-refractivity contribution in [3.8, 4) is 0 Å². The van der Waals surface area contributed by atoms with Crippen molar-refractivity contribution in [1.82, 2.24) is 9.88 Å². The van der Waals surface area contributed by atoms with Gasteiger partial charge in [-0.1, -0.05) is 42.3 Å². The van der Waals surface area contributed by atoms with Crippen molar-refractivity contribution < 1.29 is 9.53 Å². The number of benzene rings is 2. The van der Waals surface area contributed by atoms with Crippen molar-refractivity contribution >= 4 is 40.2 Å². The monoisotopic (exact) mass is 402 g/mol. The topological polar surface area (TPSA) is 45.3 Å². The number of carbonyl (C=O) groups excluding carboxylic acids is 1. The summed E-state index contributed by atoms with van der Waals surface area (Å²) in [4.78, 5) is 18.0. The molecule has 0 bridgehead atoms. The minimum absolute atomic E-state index is 0.275. The van der Waals surface area contributed by atoms with Crippen LogP contribution in [0, 0.1) is 0 Å². The number of rotatable bonds is 3. The fourth-order valence-corrected chi connectivity index (χ4v) is 4.12. The fraction of sp³-hybridized carbons (Fsp3) is 0.286. The largest absolute Gasteiger partial charge is 0.449 e. The first-order chi connectivity index (χ1) is 13.1. The molecule has 1 aliphatic heterocycles. The molecule has 1 aliphatic rings. The van der Waals surface area contributed by atoms with Crippen LogP contribution in [0.4, 0.5) is 4.79 Å². The van der Waals surface area contributed by atoms with Gasteiger partial charge in [-0.15, -0.1) is 0 Å². The Labute approximate surface area is 168 Å². The van der Waals surface area contributed by atoms with E-state index < -0.39 is 0 Å². The molecular formula is C21H20Cl2N2O2. The molecule has 2 aromatic carbocycles. The Hall–Kier alpha value is -2.17. The molecule has 1 aromatic heterocycles. The standard InChI is InChI=1S/C21H20Cl2N2O2/c1-2-10-27-21(26)25-9-8-16-17-12-15(23)6-7-18(17)24-19(16)20(25)13-4-3-5-14(22)11-13/h3-7,11-12,20,24H,2,8-10H2,1H3. The number of nitrogens with zero attached hydrogens (tertiary/aromatic N) is 1. The normalized spacial score (nSPS) is 16.4. The highest BCUT2D eigenvalue weighted by atomic mass is 35.5. The van der Waals surface area contributed by atoms with Crippen LogP contribution in [0.5, 0.6) is 0 Å². The second kappa shape index (κ2) is 7.45. The number of aromatic amines is 1. The average molecular weight is 403 g/mol. The lowest BCUT2D eigenvalue weighted by Crippen LogP contribution is -2.41. The van der Waals surface area contributed by atoms with Crippen molar-refractivity contribution in [3.63, 3.8) is 0 Å². The maximum atomic E-state index is 12.7. The third-order valence-electron chi connectivity index (χ3n) is 4.92. The molecule has 3 aromatic rings. The Morgan fingerprint density at radius 3 is 2.81 bits per heavy atom. The lowest BCUT2D eigenvalue weighted by Gasteiger charge is -2.35. The van der Waals surface area contributed by atoms with Gasteiger partial charge in [0.2, 0.25) is 0 Å². The van der Waals surface area contributed by atoms with Gasteiger partial charge >= 0.3 is 6.09 Å². The van der Waals surface area contributed by atoms with Gasteiger partial charge < -0.3 is 9.72 Å². The van der Waals surface area contributed by atoms with Crippen molar-refractivity contribution in [3.05, 3.63) is 69.3 Å². The fourth-order valence-electron chi connectivity index (χ4n) is 3.75. The second-order valence-corrected chi connectivity index (χ2v) is 7.60. The van der Waals surface area contributed by atoms with E-state index in [0.29, 0.717) is 23.2 Å². The molecule has 1 atom stereocenters. The summed E-state index contributed by atoms with van der Waals surface area (Å²) < 4.78 is 5.44. The highest BCUT2D eigenvalue weighted by molar-refractivity contribution is 6.31. The van der Waals surface area contributed by atoms with Crippen molar-refractivity contribution in [2.45, 2.75) is 25.8 Å². The number of halogens is 2. The summed E-state index contributed by atoms with van der Waals surface area (Å²) in [7, 11) is 0. The van der Waals surface area contributed by atoms with E-state index in [4.69, 9.17) is 27.9 Å². The Morgan fingerprint density at radius 2 is 2.04 bits per heavy atom. The zero-order valence-corrected chi connectivity index (χ0v) is 16.5. The molecule has 0 spiro atoms. The van der Waals surface area contributed by atoms with E-state index in [9.17, 15) is 4.79 Å². The smallest absolute Gasteiger partial charge is 0.410 e. The van der Waals surface area contributed by atoms with Crippen LogP contribution in [-0.2, 0) is 11.2 Å². The van der Waals surface area contributed by atoms with Gasteiger partial charge in [0, 0.05) is 33.2 Å². The third kappa shape index (κ3) is 3.40. The Kier molecular flexibility index (Phi) is 5.02. The molecule has 1 amide bonds. The molecule has 4 nitrogen and oxygen atoms in total. The highest BCUT2D eigenvalue weighted by Crippen LogP contribution is 2.39. The van der Waals surface area contributed by atoms with E-state index in [2.05, 4.69) is 4.98 Å². The molecule has 27 heavy (non-hydrogen) atoms. The predicted molar refractivity (Wildman–Crippen MR) is 109 cm³/mol. The molecule has 0 saturated heterocycles. The van der Waals surface area contributed by atoms with E-state index in [0.717, 1.165) is 35.0 Å². The van der Waals surface area contributed by atoms with Gasteiger partial charge in [0.15, 0.2) is 0 Å². The Bertz CT molecular complexity index is 999. The number of ether oxygens (including phenoxy) is 1. The minimum atomic E-state index is -0.302. The Balaban J connectivity index is 1.85. The van der Waals surface area contributed by atoms with Gasteiger partial charge in [0.25, 0.3) is 0 Å². The van der Waals surface area contributed by atoms with Crippen molar-refractivity contribution in [1.29, 1.82) is 0 Å². The molecular weight excluding hydrogens is 383 g/mol. The quantitative estimate of drug-likeness (QED) is 0.586. The molecule has 0 radical (unpaired) electrons. The van der Waals surface area contributed by atoms with Crippen molar-refractivity contribution in [2.24, 2.45) is 0 Å². The number of amides is 1. The summed E-state index contributed by atoms with van der Waals surface area (Å²) in [5, 5.41) is 2.44. The lowest BCUT2D eigenvalue weighted by atomic mass is 9.93. The summed E-state index contributed by atoms with van der Waals surface area (Å²) in [5.41, 5.74) is 4.15. The molecule has 4 rings (SSSR count). The lowest BCUT2D eigenvalue weighted by molar-refractivity contribution is 0.0889. The maximum Gasteiger partial charge on any atom is 0.410 e. The van der Waals surface area contributed by atoms with E-state index >= 15 is 0 Å². The summed E-state index contributed by atoms with van der Waals surface area (Å²) in [5.74, 6) is 0. The summed E-state index contributed by atoms with van der Waals surface area (Å²) in [6.07, 6.45) is 1.23. The zero-order chi connectivity index (χ0) is 19.0. The molecule has 1 N–H and O–H groups in total. The van der Waals surface area contributed by atoms with Crippen LogP contribution < -0.4 is 0 Å². The molecule has 140 valence electrons. The van der Waals surface area contributed by atoms with Gasteiger partial charge in [-0.2, -0.15) is 0 Å². The number of carbonyl (C=O) groups is 1. The number of fused-ring (bicyclic) bond motifs is 3. The van der Waals surface area contributed by atoms with E-state index in [1.165, 1.54) is 5.56 Å². The first-order valence-corrected chi connectivity index (χ1v) is 9.83. The minimum Gasteiger partial charge on any atom is -0.449 e. The van der Waals surface area contributed by atoms with Gasteiger partial charge in [-0.3, -0.25) is 4.90 Å². The van der Waals surface area contributed by atoms with Gasteiger partial charge in [0.1, 0.15) is 6.04 Å². The molecule has 2 heterocycles. The molecule has 0 aliphatic carbocycles. The van der Waals surface area contributed by atoms with E-state index in [1.807, 2.05) is 49.4 Å². The second-order valence-electron chi connectivity index (χ2n) is 6.72. The SMILES string of the molecule is CCCOC(=O)N1CCc2c([nH]c3ccc(Cl)cc23)C1c1cccc(Cl)c1. The summed E-state index contributed by atoms with van der Waals surface area (Å²) in [6.45, 7) is 2.97. The number of hydrogen-bond donors (Lipinski definition) is 1. The number of H-pyrrole nitrogens is 1. The summed E-state index contributed by atoms with van der Waals surface area (Å²) >= 11 is 12.5. The van der Waals surface area contributed by atoms with Crippen LogP contribution in [0.15, 0.2) is 42.5 Å². The van der Waals surface area contributed by atoms with E-state index in [-0.39, 0.29) is 12.1 Å². The van der Waals surface area contributed by atoms with Crippen LogP contribution in [0.3, 0.4) is 0 Å². The van der Waals surface area contributed by atoms with Crippen molar-refractivity contribution in [2.75, 3.05) is 13.2 Å². The van der Waals surface area contributed by atoms with Crippen LogP contribution in [-0.4, -0.2) is 29.1 Å². The van der Waals surface area contributed by atoms with Crippen LogP contribution in [0.2, 0.25) is 10.0 Å². The van der Waals surface area contributed by atoms with Gasteiger partial charge in [0.05, 0.1) is 6.61 Å². The number of hydrogen-bond acceptors (Lipinski definition) is 2. The van der Waals surface area contributed by atoms with Crippen LogP contribution >= 0.6 is 23.2 Å². The van der Waals surface area contributed by atoms with Crippen LogP contribution in [0.25, 0.3) is 10.9 Å². The van der Waals surface area contributed by atoms with Gasteiger partial charge in [-0.25, -0.2) is 4.79 Å². The van der Waals surface area contributed by atoms with Gasteiger partial charge in [-0.05, 0) is 54.3 Å². The molecule has 0 saturated carbocycles. The zero-order valence-electron chi connectivity index (χ0n) is 15.0. The van der Waals surface area contributed by atoms with Crippen LogP contribution in [0.1, 0.15) is 36.2 Å². The molecule has 1 unspecified atom stereocenters. The molecule has 0 fully saturated rings. The molecule has 6 heteroatoms. The predicted octanol–water partition coefficient (Wildman–Crippen LogP) is 5.97. The Morgan fingerprint density at radius 1 is 1.22 bits per heavy atom. The summed E-state index contributed by atoms with van der Waals surface area (Å²) in [6, 6.07) is 13.2. The maximum absolute atomic E-state index is 12.7. The third-order valence-corrected chi connectivity index (χ3v) is 5.39. The first kappa shape index (κ1) is 18.2. The first-order valence-electron chi connectivity index (χ1n) is 9.07.